The Morgan fingerprint density at radius 2 is 2.10 bits per heavy atom. The highest BCUT2D eigenvalue weighted by Crippen LogP contribution is 2.52. The number of carbonyl (C=O) groups excluding carboxylic acids is 1. The Kier molecular flexibility index (Phi) is 4.06. The lowest BCUT2D eigenvalue weighted by Crippen LogP contribution is -2.38. The zero-order valence-electron chi connectivity index (χ0n) is 14.1. The van der Waals surface area contributed by atoms with Crippen LogP contribution in [0.5, 0.6) is 0 Å². The number of nitrogens with one attached hydrogen (secondary N) is 1. The lowest BCUT2D eigenvalue weighted by Gasteiger charge is -2.39. The summed E-state index contributed by atoms with van der Waals surface area (Å²) in [7, 11) is 0. The van der Waals surface area contributed by atoms with E-state index in [-0.39, 0.29) is 0 Å². The Labute approximate surface area is 129 Å². The number of nitrogens with zero attached hydrogens (tertiary/aromatic N) is 1. The molecule has 0 aromatic carbocycles. The number of rotatable bonds is 3. The summed E-state index contributed by atoms with van der Waals surface area (Å²) in [6.07, 6.45) is 8.11. The maximum Gasteiger partial charge on any atom is 0.222 e. The largest absolute Gasteiger partial charge is 0.339 e. The van der Waals surface area contributed by atoms with Gasteiger partial charge in [0.25, 0.3) is 0 Å². The van der Waals surface area contributed by atoms with E-state index in [1.807, 2.05) is 0 Å². The first-order valence-electron chi connectivity index (χ1n) is 8.87. The summed E-state index contributed by atoms with van der Waals surface area (Å²) in [5.41, 5.74) is 0.772. The van der Waals surface area contributed by atoms with Crippen molar-refractivity contribution in [3.05, 3.63) is 0 Å². The molecule has 3 aliphatic rings. The monoisotopic (exact) mass is 292 g/mol. The van der Waals surface area contributed by atoms with E-state index >= 15 is 0 Å². The second kappa shape index (κ2) is 5.57. The third kappa shape index (κ3) is 3.44. The summed E-state index contributed by atoms with van der Waals surface area (Å²) in [4.78, 5) is 14.9. The van der Waals surface area contributed by atoms with Gasteiger partial charge < -0.3 is 10.2 Å². The number of fused-ring (bicyclic) bond motifs is 2. The van der Waals surface area contributed by atoms with E-state index in [1.165, 1.54) is 32.1 Å². The van der Waals surface area contributed by atoms with Crippen molar-refractivity contribution in [2.24, 2.45) is 16.7 Å². The smallest absolute Gasteiger partial charge is 0.222 e. The van der Waals surface area contributed by atoms with E-state index in [0.29, 0.717) is 22.8 Å². The Bertz CT molecular complexity index is 400. The van der Waals surface area contributed by atoms with Crippen LogP contribution >= 0.6 is 0 Å². The highest BCUT2D eigenvalue weighted by Gasteiger charge is 2.50. The molecule has 2 heterocycles. The van der Waals surface area contributed by atoms with Crippen molar-refractivity contribution in [2.75, 3.05) is 19.6 Å². The van der Waals surface area contributed by atoms with Gasteiger partial charge in [0.1, 0.15) is 0 Å². The second-order valence-electron chi connectivity index (χ2n) is 8.99. The Hall–Kier alpha value is -0.570. The first-order chi connectivity index (χ1) is 9.87. The predicted octanol–water partition coefficient (Wildman–Crippen LogP) is 3.19. The van der Waals surface area contributed by atoms with Crippen molar-refractivity contribution in [2.45, 2.75) is 71.8 Å². The van der Waals surface area contributed by atoms with Crippen molar-refractivity contribution in [3.8, 4) is 0 Å². The number of piperidine rings is 1. The van der Waals surface area contributed by atoms with Crippen molar-refractivity contribution in [3.63, 3.8) is 0 Å². The summed E-state index contributed by atoms with van der Waals surface area (Å²) >= 11 is 0. The van der Waals surface area contributed by atoms with Crippen LogP contribution < -0.4 is 5.32 Å². The van der Waals surface area contributed by atoms with Crippen LogP contribution in [-0.2, 0) is 4.79 Å². The van der Waals surface area contributed by atoms with Gasteiger partial charge in [0.15, 0.2) is 0 Å². The van der Waals surface area contributed by atoms with Crippen LogP contribution in [0.4, 0.5) is 0 Å². The molecule has 120 valence electrons. The molecule has 1 aliphatic carbocycles. The lowest BCUT2D eigenvalue weighted by molar-refractivity contribution is -0.132. The van der Waals surface area contributed by atoms with Gasteiger partial charge in [0.05, 0.1) is 0 Å². The molecule has 3 unspecified atom stereocenters. The molecule has 3 nitrogen and oxygen atoms in total. The molecule has 21 heavy (non-hydrogen) atoms. The molecular weight excluding hydrogens is 260 g/mol. The molecular formula is C18H32N2O. The Morgan fingerprint density at radius 3 is 2.81 bits per heavy atom. The summed E-state index contributed by atoms with van der Waals surface area (Å²) in [6.45, 7) is 10.4. The van der Waals surface area contributed by atoms with Crippen LogP contribution in [-0.4, -0.2) is 36.5 Å². The van der Waals surface area contributed by atoms with E-state index in [4.69, 9.17) is 0 Å². The number of carbonyl (C=O) groups is 1. The van der Waals surface area contributed by atoms with Gasteiger partial charge in [0, 0.05) is 19.0 Å². The van der Waals surface area contributed by atoms with E-state index < -0.39 is 0 Å². The minimum Gasteiger partial charge on any atom is -0.339 e. The molecule has 3 rings (SSSR count). The van der Waals surface area contributed by atoms with Crippen molar-refractivity contribution in [1.29, 1.82) is 0 Å². The minimum atomic E-state index is 0.370. The predicted molar refractivity (Wildman–Crippen MR) is 86.1 cm³/mol. The molecule has 1 amide bonds. The van der Waals surface area contributed by atoms with Crippen LogP contribution in [0.2, 0.25) is 0 Å². The van der Waals surface area contributed by atoms with Crippen molar-refractivity contribution < 1.29 is 4.79 Å². The molecule has 0 aromatic heterocycles. The molecule has 3 atom stereocenters. The average molecular weight is 292 g/mol. The summed E-state index contributed by atoms with van der Waals surface area (Å²) < 4.78 is 0. The van der Waals surface area contributed by atoms with E-state index in [2.05, 4.69) is 31.0 Å². The van der Waals surface area contributed by atoms with Gasteiger partial charge >= 0.3 is 0 Å². The number of hydrogen-bond acceptors (Lipinski definition) is 2. The zero-order chi connectivity index (χ0) is 15.1. The van der Waals surface area contributed by atoms with Crippen LogP contribution in [0.25, 0.3) is 0 Å². The maximum atomic E-state index is 12.7. The molecule has 1 saturated carbocycles. The van der Waals surface area contributed by atoms with Crippen molar-refractivity contribution in [1.82, 2.24) is 10.2 Å². The Morgan fingerprint density at radius 1 is 1.29 bits per heavy atom. The van der Waals surface area contributed by atoms with Gasteiger partial charge in [-0.25, -0.2) is 0 Å². The summed E-state index contributed by atoms with van der Waals surface area (Å²) in [5.74, 6) is 1.14. The molecule has 2 bridgehead atoms. The highest BCUT2D eigenvalue weighted by molar-refractivity contribution is 5.77. The van der Waals surface area contributed by atoms with Gasteiger partial charge in [-0.15, -0.1) is 0 Å². The zero-order valence-corrected chi connectivity index (χ0v) is 14.1. The van der Waals surface area contributed by atoms with Gasteiger partial charge in [-0.1, -0.05) is 20.8 Å². The van der Waals surface area contributed by atoms with Crippen LogP contribution in [0.15, 0.2) is 0 Å². The second-order valence-corrected chi connectivity index (χ2v) is 8.99. The highest BCUT2D eigenvalue weighted by atomic mass is 16.2. The first-order valence-corrected chi connectivity index (χ1v) is 8.87. The van der Waals surface area contributed by atoms with Gasteiger partial charge in [-0.3, -0.25) is 4.79 Å². The molecule has 0 aromatic rings. The average Bonchev–Trinajstić information content (AvgIpc) is 2.66. The summed E-state index contributed by atoms with van der Waals surface area (Å²) in [5, 5.41) is 3.46. The molecule has 3 fully saturated rings. The van der Waals surface area contributed by atoms with E-state index in [1.54, 1.807) is 0 Å². The normalized spacial score (nSPS) is 38.5. The number of likely N-dealkylation sites (tertiary alicyclic amines) is 1. The quantitative estimate of drug-likeness (QED) is 0.866. The molecule has 3 heteroatoms. The fourth-order valence-electron chi connectivity index (χ4n) is 5.39. The molecule has 0 spiro atoms. The molecule has 1 N–H and O–H groups in total. The minimum absolute atomic E-state index is 0.370. The lowest BCUT2D eigenvalue weighted by atomic mass is 9.65. The first kappa shape index (κ1) is 15.3. The van der Waals surface area contributed by atoms with E-state index in [0.717, 1.165) is 38.4 Å². The van der Waals surface area contributed by atoms with Crippen LogP contribution in [0.3, 0.4) is 0 Å². The van der Waals surface area contributed by atoms with Crippen LogP contribution in [0, 0.1) is 16.7 Å². The fourth-order valence-corrected chi connectivity index (χ4v) is 5.39. The van der Waals surface area contributed by atoms with Gasteiger partial charge in [0.2, 0.25) is 5.91 Å². The van der Waals surface area contributed by atoms with Gasteiger partial charge in [-0.05, 0) is 68.4 Å². The number of hydrogen-bond donors (Lipinski definition) is 1. The third-order valence-electron chi connectivity index (χ3n) is 5.90. The Balaban J connectivity index is 1.56. The van der Waals surface area contributed by atoms with Gasteiger partial charge in [-0.2, -0.15) is 0 Å². The fraction of sp³-hybridized carbons (Fsp3) is 0.944. The SMILES string of the molecule is CC1(C)CC2CC(C)(CN2C(=O)CCC2CCCNC2)C1. The van der Waals surface area contributed by atoms with Crippen LogP contribution in [0.1, 0.15) is 65.7 Å². The topological polar surface area (TPSA) is 32.3 Å². The maximum absolute atomic E-state index is 12.7. The van der Waals surface area contributed by atoms with Crippen molar-refractivity contribution >= 4 is 5.91 Å². The molecule has 2 aliphatic heterocycles. The van der Waals surface area contributed by atoms with E-state index in [9.17, 15) is 4.79 Å². The standard InChI is InChI=1S/C18H32N2O/c1-17(2)9-15-10-18(3,12-17)13-20(15)16(21)7-6-14-5-4-8-19-11-14/h14-15,19H,4-13H2,1-3H3. The molecule has 0 radical (unpaired) electrons. The summed E-state index contributed by atoms with van der Waals surface area (Å²) in [6, 6.07) is 0.510. The number of amides is 1. The third-order valence-corrected chi connectivity index (χ3v) is 5.90. The molecule has 2 saturated heterocycles.